The van der Waals surface area contributed by atoms with Crippen LogP contribution >= 0.6 is 11.3 Å². The number of aryl methyl sites for hydroxylation is 1. The molecule has 3 aliphatic rings. The lowest BCUT2D eigenvalue weighted by atomic mass is 9.60. The quantitative estimate of drug-likeness (QED) is 0.623. The molecule has 1 spiro atoms. The Morgan fingerprint density at radius 2 is 2.06 bits per heavy atom. The fraction of sp³-hybridized carbons (Fsp3) is 0.522. The van der Waals surface area contributed by atoms with E-state index in [1.165, 1.54) is 16.5 Å². The normalized spacial score (nSPS) is 20.5. The second-order valence-corrected chi connectivity index (χ2v) is 10.4. The fourth-order valence-corrected chi connectivity index (χ4v) is 5.63. The molecule has 1 saturated carbocycles. The molecule has 9 heteroatoms. The molecule has 0 atom stereocenters. The van der Waals surface area contributed by atoms with Crippen molar-refractivity contribution in [2.24, 2.45) is 5.41 Å². The van der Waals surface area contributed by atoms with E-state index in [1.807, 2.05) is 11.1 Å². The second kappa shape index (κ2) is 8.80. The van der Waals surface area contributed by atoms with Gasteiger partial charge in [-0.3, -0.25) is 9.69 Å². The maximum absolute atomic E-state index is 11.7. The van der Waals surface area contributed by atoms with Crippen molar-refractivity contribution in [3.8, 4) is 0 Å². The Balaban J connectivity index is 1.25. The third-order valence-corrected chi connectivity index (χ3v) is 7.33. The zero-order valence-electron chi connectivity index (χ0n) is 18.5. The zero-order valence-corrected chi connectivity index (χ0v) is 19.3. The molecule has 2 saturated heterocycles. The topological polar surface area (TPSA) is 82.6 Å². The number of ether oxygens (including phenoxy) is 1. The average molecular weight is 455 g/mol. The standard InChI is InChI=1S/C23H30N6O2S/c1-3-21(30)29-14-23(15-29)10-18(11-23)25-19-8-17(13-28-4-6-31-7-5-28)9-20(26-19)27-22-24-12-16(2)32-22/h3,8-9,12,18H,1,4-7,10-11,13-15H2,2H3,(H2,24,25,26,27). The van der Waals surface area contributed by atoms with Gasteiger partial charge in [-0.2, -0.15) is 0 Å². The first kappa shape index (κ1) is 21.4. The number of anilines is 3. The van der Waals surface area contributed by atoms with E-state index < -0.39 is 0 Å². The number of nitrogens with zero attached hydrogens (tertiary/aromatic N) is 4. The number of morpholine rings is 1. The van der Waals surface area contributed by atoms with Gasteiger partial charge in [-0.15, -0.1) is 11.3 Å². The lowest BCUT2D eigenvalue weighted by molar-refractivity contribution is -0.144. The number of thiazole rings is 1. The van der Waals surface area contributed by atoms with Crippen LogP contribution in [-0.4, -0.2) is 71.1 Å². The number of hydrogen-bond donors (Lipinski definition) is 2. The number of likely N-dealkylation sites (tertiary alicyclic amines) is 1. The van der Waals surface area contributed by atoms with Crippen LogP contribution in [0.3, 0.4) is 0 Å². The number of hydrogen-bond acceptors (Lipinski definition) is 8. The monoisotopic (exact) mass is 454 g/mol. The molecule has 0 radical (unpaired) electrons. The van der Waals surface area contributed by atoms with E-state index in [-0.39, 0.29) is 11.3 Å². The molecule has 2 aliphatic heterocycles. The molecule has 2 N–H and O–H groups in total. The maximum Gasteiger partial charge on any atom is 0.245 e. The van der Waals surface area contributed by atoms with Crippen molar-refractivity contribution in [1.29, 1.82) is 0 Å². The summed E-state index contributed by atoms with van der Waals surface area (Å²) in [7, 11) is 0. The van der Waals surface area contributed by atoms with E-state index in [0.29, 0.717) is 6.04 Å². The van der Waals surface area contributed by atoms with Crippen LogP contribution in [-0.2, 0) is 16.1 Å². The molecule has 2 aromatic rings. The summed E-state index contributed by atoms with van der Waals surface area (Å²) in [6, 6.07) is 4.66. The van der Waals surface area contributed by atoms with Gasteiger partial charge in [-0.25, -0.2) is 9.97 Å². The number of pyridine rings is 1. The van der Waals surface area contributed by atoms with Crippen LogP contribution in [0.5, 0.6) is 0 Å². The highest BCUT2D eigenvalue weighted by molar-refractivity contribution is 7.15. The van der Waals surface area contributed by atoms with E-state index in [4.69, 9.17) is 9.72 Å². The molecule has 0 bridgehead atoms. The van der Waals surface area contributed by atoms with Crippen molar-refractivity contribution in [3.63, 3.8) is 0 Å². The molecule has 8 nitrogen and oxygen atoms in total. The van der Waals surface area contributed by atoms with Gasteiger partial charge in [-0.05, 0) is 43.5 Å². The first-order valence-corrected chi connectivity index (χ1v) is 12.0. The maximum atomic E-state index is 11.7. The lowest BCUT2D eigenvalue weighted by Crippen LogP contribution is -2.65. The Kier molecular flexibility index (Phi) is 5.88. The van der Waals surface area contributed by atoms with Crippen LogP contribution in [0, 0.1) is 12.3 Å². The molecular weight excluding hydrogens is 424 g/mol. The molecular formula is C23H30N6O2S. The minimum Gasteiger partial charge on any atom is -0.379 e. The summed E-state index contributed by atoms with van der Waals surface area (Å²) in [6.07, 6.45) is 5.41. The van der Waals surface area contributed by atoms with Gasteiger partial charge in [0.1, 0.15) is 11.6 Å². The molecule has 0 unspecified atom stereocenters. The number of carbonyl (C=O) groups is 1. The number of rotatable bonds is 7. The van der Waals surface area contributed by atoms with Gasteiger partial charge in [0.25, 0.3) is 0 Å². The molecule has 4 heterocycles. The zero-order chi connectivity index (χ0) is 22.1. The molecule has 1 aliphatic carbocycles. The number of amides is 1. The Morgan fingerprint density at radius 3 is 2.75 bits per heavy atom. The van der Waals surface area contributed by atoms with Crippen LogP contribution in [0.25, 0.3) is 0 Å². The first-order valence-electron chi connectivity index (χ1n) is 11.2. The summed E-state index contributed by atoms with van der Waals surface area (Å²) in [5, 5.41) is 7.86. The van der Waals surface area contributed by atoms with E-state index in [9.17, 15) is 4.79 Å². The second-order valence-electron chi connectivity index (χ2n) is 9.18. The van der Waals surface area contributed by atoms with Crippen molar-refractivity contribution in [1.82, 2.24) is 19.8 Å². The summed E-state index contributed by atoms with van der Waals surface area (Å²) in [5.74, 6) is 1.75. The van der Waals surface area contributed by atoms with Gasteiger partial charge in [0.05, 0.1) is 13.2 Å². The van der Waals surface area contributed by atoms with Crippen LogP contribution in [0.2, 0.25) is 0 Å². The third kappa shape index (κ3) is 4.65. The molecule has 1 amide bonds. The van der Waals surface area contributed by atoms with Crippen LogP contribution < -0.4 is 10.6 Å². The largest absolute Gasteiger partial charge is 0.379 e. The third-order valence-electron chi connectivity index (χ3n) is 6.50. The summed E-state index contributed by atoms with van der Waals surface area (Å²) in [4.78, 5) is 26.4. The lowest BCUT2D eigenvalue weighted by Gasteiger charge is -2.59. The number of aromatic nitrogens is 2. The molecule has 2 aromatic heterocycles. The number of carbonyl (C=O) groups excluding carboxylic acids is 1. The molecule has 170 valence electrons. The SMILES string of the molecule is C=CC(=O)N1CC2(CC(Nc3cc(CN4CCOCC4)cc(Nc4ncc(C)s4)n3)C2)C1. The smallest absolute Gasteiger partial charge is 0.245 e. The van der Waals surface area contributed by atoms with Gasteiger partial charge >= 0.3 is 0 Å². The van der Waals surface area contributed by atoms with Crippen molar-refractivity contribution in [3.05, 3.63) is 41.4 Å². The van der Waals surface area contributed by atoms with E-state index in [1.54, 1.807) is 11.3 Å². The molecule has 0 aromatic carbocycles. The predicted octanol–water partition coefficient (Wildman–Crippen LogP) is 3.01. The predicted molar refractivity (Wildman–Crippen MR) is 126 cm³/mol. The molecule has 3 fully saturated rings. The Morgan fingerprint density at radius 1 is 1.31 bits per heavy atom. The van der Waals surface area contributed by atoms with Crippen LogP contribution in [0.1, 0.15) is 23.3 Å². The minimum atomic E-state index is 0.0395. The van der Waals surface area contributed by atoms with Crippen LogP contribution in [0.4, 0.5) is 16.8 Å². The highest BCUT2D eigenvalue weighted by Crippen LogP contribution is 2.49. The van der Waals surface area contributed by atoms with Gasteiger partial charge in [0.15, 0.2) is 5.13 Å². The average Bonchev–Trinajstić information content (AvgIpc) is 3.13. The summed E-state index contributed by atoms with van der Waals surface area (Å²) < 4.78 is 5.49. The summed E-state index contributed by atoms with van der Waals surface area (Å²) >= 11 is 1.63. The first-order chi connectivity index (χ1) is 15.5. The Bertz CT molecular complexity index is 988. The van der Waals surface area contributed by atoms with E-state index in [0.717, 1.165) is 75.5 Å². The van der Waals surface area contributed by atoms with Gasteiger partial charge < -0.3 is 20.3 Å². The Labute approximate surface area is 192 Å². The van der Waals surface area contributed by atoms with Crippen LogP contribution in [0.15, 0.2) is 31.0 Å². The van der Waals surface area contributed by atoms with Crippen molar-refractivity contribution in [2.45, 2.75) is 32.4 Å². The summed E-state index contributed by atoms with van der Waals surface area (Å²) in [5.41, 5.74) is 1.50. The highest BCUT2D eigenvalue weighted by Gasteiger charge is 2.53. The van der Waals surface area contributed by atoms with Crippen molar-refractivity contribution < 1.29 is 9.53 Å². The minimum absolute atomic E-state index is 0.0395. The molecule has 5 rings (SSSR count). The fourth-order valence-electron chi connectivity index (χ4n) is 4.96. The van der Waals surface area contributed by atoms with Crippen molar-refractivity contribution >= 4 is 34.0 Å². The van der Waals surface area contributed by atoms with Gasteiger partial charge in [0.2, 0.25) is 5.91 Å². The summed E-state index contributed by atoms with van der Waals surface area (Å²) in [6.45, 7) is 11.7. The molecule has 32 heavy (non-hydrogen) atoms. The Hall–Kier alpha value is -2.49. The number of nitrogens with one attached hydrogen (secondary N) is 2. The van der Waals surface area contributed by atoms with Gasteiger partial charge in [0, 0.05) is 55.3 Å². The van der Waals surface area contributed by atoms with E-state index in [2.05, 4.69) is 46.2 Å². The highest BCUT2D eigenvalue weighted by atomic mass is 32.1. The van der Waals surface area contributed by atoms with Crippen molar-refractivity contribution in [2.75, 3.05) is 50.0 Å². The van der Waals surface area contributed by atoms with Gasteiger partial charge in [-0.1, -0.05) is 6.58 Å². The van der Waals surface area contributed by atoms with E-state index >= 15 is 0 Å².